The number of phenolic OH excluding ortho intramolecular Hbond substituents is 1. The summed E-state index contributed by atoms with van der Waals surface area (Å²) in [4.78, 5) is 15.5. The molecule has 5 unspecified atom stereocenters. The summed E-state index contributed by atoms with van der Waals surface area (Å²) in [5.74, 6) is 0.284. The van der Waals surface area contributed by atoms with Gasteiger partial charge in [0.1, 0.15) is 0 Å². The number of hydrogen-bond acceptors (Lipinski definition) is 7. The Kier molecular flexibility index (Phi) is 3.31. The second kappa shape index (κ2) is 5.46. The van der Waals surface area contributed by atoms with Gasteiger partial charge in [0.2, 0.25) is 0 Å². The van der Waals surface area contributed by atoms with E-state index in [4.69, 9.17) is 14.2 Å². The highest BCUT2D eigenvalue weighted by molar-refractivity contribution is 5.93. The summed E-state index contributed by atoms with van der Waals surface area (Å²) < 4.78 is 16.7. The lowest BCUT2D eigenvalue weighted by Crippen LogP contribution is -2.63. The van der Waals surface area contributed by atoms with Gasteiger partial charge < -0.3 is 24.6 Å². The van der Waals surface area contributed by atoms with Crippen LogP contribution in [0.15, 0.2) is 23.4 Å². The maximum Gasteiger partial charge on any atom is 0.335 e. The highest BCUT2D eigenvalue weighted by atomic mass is 16.6. The number of anilines is 1. The van der Waals surface area contributed by atoms with E-state index in [0.29, 0.717) is 12.2 Å². The Morgan fingerprint density at radius 2 is 2.24 bits per heavy atom. The zero-order chi connectivity index (χ0) is 20.1. The van der Waals surface area contributed by atoms with E-state index >= 15 is 0 Å². The number of rotatable bonds is 3. The lowest BCUT2D eigenvalue weighted by atomic mass is 9.53. The molecular formula is C22H26N2O5. The zero-order valence-corrected chi connectivity index (χ0v) is 16.9. The number of benzene rings is 1. The highest BCUT2D eigenvalue weighted by Gasteiger charge is 2.73. The first kappa shape index (κ1) is 17.6. The molecule has 2 N–H and O–H groups in total. The number of phenols is 1. The molecule has 0 amide bonds. The second-order valence-electron chi connectivity index (χ2n) is 9.02. The van der Waals surface area contributed by atoms with Crippen LogP contribution < -0.4 is 10.1 Å². The minimum absolute atomic E-state index is 0.130. The van der Waals surface area contributed by atoms with Crippen LogP contribution in [0, 0.1) is 5.41 Å². The quantitative estimate of drug-likeness (QED) is 0.459. The average molecular weight is 398 g/mol. The van der Waals surface area contributed by atoms with Crippen molar-refractivity contribution >= 4 is 11.7 Å². The van der Waals surface area contributed by atoms with Crippen LogP contribution in [-0.4, -0.2) is 61.5 Å². The first-order valence-electron chi connectivity index (χ1n) is 10.4. The fraction of sp³-hybridized carbons (Fsp3) is 0.591. The van der Waals surface area contributed by atoms with Gasteiger partial charge >= 0.3 is 5.97 Å². The van der Waals surface area contributed by atoms with Crippen molar-refractivity contribution in [2.75, 3.05) is 32.6 Å². The number of fused-ring (bicyclic) bond motifs is 3. The number of nitrogens with one attached hydrogen (secondary N) is 1. The number of nitrogens with zero attached hydrogens (tertiary/aromatic N) is 1. The molecule has 4 aliphatic heterocycles. The second-order valence-corrected chi connectivity index (χ2v) is 9.02. The van der Waals surface area contributed by atoms with Crippen molar-refractivity contribution < 1.29 is 24.1 Å². The predicted octanol–water partition coefficient (Wildman–Crippen LogP) is 2.15. The summed E-state index contributed by atoms with van der Waals surface area (Å²) in [6, 6.07) is 3.90. The van der Waals surface area contributed by atoms with E-state index in [0.717, 1.165) is 48.5 Å². The largest absolute Gasteiger partial charge is 0.504 e. The van der Waals surface area contributed by atoms with Gasteiger partial charge in [-0.2, -0.15) is 0 Å². The fourth-order valence-electron chi connectivity index (χ4n) is 7.03. The Bertz CT molecular complexity index is 974. The summed E-state index contributed by atoms with van der Waals surface area (Å²) in [6.45, 7) is 4.10. The fourth-order valence-corrected chi connectivity index (χ4v) is 7.03. The molecule has 7 heteroatoms. The monoisotopic (exact) mass is 398 g/mol. The van der Waals surface area contributed by atoms with E-state index < -0.39 is 0 Å². The molecule has 4 heterocycles. The van der Waals surface area contributed by atoms with Crippen molar-refractivity contribution in [1.82, 2.24) is 4.90 Å². The van der Waals surface area contributed by atoms with Gasteiger partial charge in [0, 0.05) is 35.5 Å². The number of carbonyl (C=O) groups excluding carboxylic acids is 1. The van der Waals surface area contributed by atoms with Crippen LogP contribution in [0.5, 0.6) is 11.5 Å². The topological polar surface area (TPSA) is 83.6 Å². The molecule has 3 fully saturated rings. The highest BCUT2D eigenvalue weighted by Crippen LogP contribution is 2.68. The zero-order valence-electron chi connectivity index (χ0n) is 16.9. The van der Waals surface area contributed by atoms with Gasteiger partial charge in [-0.25, -0.2) is 4.79 Å². The number of aromatic hydroxyl groups is 1. The van der Waals surface area contributed by atoms with Crippen molar-refractivity contribution in [3.8, 4) is 11.5 Å². The smallest absolute Gasteiger partial charge is 0.335 e. The van der Waals surface area contributed by atoms with E-state index in [1.165, 1.54) is 7.11 Å². The molecule has 1 aliphatic carbocycles. The SMILES string of the molecule is CCC12CC(C(=O)OC)=C3Nc4cc(OC)c(O)cc4C34CCN(CC3OC31)C42. The first-order valence-corrected chi connectivity index (χ1v) is 10.4. The van der Waals surface area contributed by atoms with Crippen LogP contribution in [0.4, 0.5) is 5.69 Å². The molecule has 0 saturated carbocycles. The summed E-state index contributed by atoms with van der Waals surface area (Å²) in [6.07, 6.45) is 2.93. The third kappa shape index (κ3) is 1.89. The Labute approximate surface area is 169 Å². The summed E-state index contributed by atoms with van der Waals surface area (Å²) in [5.41, 5.74) is 3.12. The molecule has 0 aromatic heterocycles. The van der Waals surface area contributed by atoms with Gasteiger partial charge in [-0.15, -0.1) is 0 Å². The third-order valence-corrected chi connectivity index (χ3v) is 8.14. The van der Waals surface area contributed by atoms with Crippen molar-refractivity contribution in [2.24, 2.45) is 5.41 Å². The standard InChI is InChI=1S/C22H26N2O5/c1-4-21-9-11(19(26)28-3)17-22(5-6-24(20(21)22)10-16-18(21)29-16)12-7-14(25)15(27-2)8-13(12)23-17/h7-8,16,18,20,23,25H,4-6,9-10H2,1-3H3. The number of piperidine rings is 1. The van der Waals surface area contributed by atoms with Gasteiger partial charge in [-0.3, -0.25) is 4.90 Å². The molecule has 5 atom stereocenters. The van der Waals surface area contributed by atoms with Crippen molar-refractivity contribution in [3.63, 3.8) is 0 Å². The molecule has 6 rings (SSSR count). The van der Waals surface area contributed by atoms with Gasteiger partial charge in [0.25, 0.3) is 0 Å². The first-order chi connectivity index (χ1) is 14.0. The minimum Gasteiger partial charge on any atom is -0.504 e. The Hall–Kier alpha value is -2.25. The van der Waals surface area contributed by atoms with Gasteiger partial charge in [-0.05, 0) is 37.4 Å². The number of carbonyl (C=O) groups is 1. The van der Waals surface area contributed by atoms with Crippen LogP contribution in [0.2, 0.25) is 0 Å². The van der Waals surface area contributed by atoms with Crippen LogP contribution in [-0.2, 0) is 19.7 Å². The van der Waals surface area contributed by atoms with E-state index in [-0.39, 0.29) is 40.8 Å². The molecule has 29 heavy (non-hydrogen) atoms. The van der Waals surface area contributed by atoms with Crippen LogP contribution in [0.3, 0.4) is 0 Å². The molecular weight excluding hydrogens is 372 g/mol. The average Bonchev–Trinajstić information content (AvgIpc) is 3.33. The van der Waals surface area contributed by atoms with Crippen LogP contribution in [0.1, 0.15) is 31.7 Å². The van der Waals surface area contributed by atoms with E-state index in [1.54, 1.807) is 7.11 Å². The van der Waals surface area contributed by atoms with Crippen molar-refractivity contribution in [1.29, 1.82) is 0 Å². The Morgan fingerprint density at radius 3 is 2.97 bits per heavy atom. The molecule has 3 saturated heterocycles. The Balaban J connectivity index is 1.65. The molecule has 7 nitrogen and oxygen atoms in total. The number of hydrogen-bond donors (Lipinski definition) is 2. The molecule has 0 bridgehead atoms. The number of epoxide rings is 1. The molecule has 1 spiro atoms. The van der Waals surface area contributed by atoms with Crippen LogP contribution >= 0.6 is 0 Å². The minimum atomic E-state index is -0.367. The van der Waals surface area contributed by atoms with Crippen molar-refractivity contribution in [3.05, 3.63) is 29.0 Å². The molecule has 5 aliphatic rings. The van der Waals surface area contributed by atoms with E-state index in [9.17, 15) is 9.90 Å². The van der Waals surface area contributed by atoms with E-state index in [1.807, 2.05) is 12.1 Å². The number of esters is 1. The summed E-state index contributed by atoms with van der Waals surface area (Å²) >= 11 is 0. The molecule has 1 aromatic rings. The predicted molar refractivity (Wildman–Crippen MR) is 105 cm³/mol. The molecule has 154 valence electrons. The lowest BCUT2D eigenvalue weighted by molar-refractivity contribution is -0.137. The van der Waals surface area contributed by atoms with Gasteiger partial charge in [0.05, 0.1) is 37.4 Å². The maximum absolute atomic E-state index is 12.9. The van der Waals surface area contributed by atoms with E-state index in [2.05, 4.69) is 17.1 Å². The van der Waals surface area contributed by atoms with Gasteiger partial charge in [0.15, 0.2) is 11.5 Å². The third-order valence-electron chi connectivity index (χ3n) is 8.14. The normalized spacial score (nSPS) is 38.5. The van der Waals surface area contributed by atoms with Gasteiger partial charge in [-0.1, -0.05) is 6.92 Å². The molecule has 0 radical (unpaired) electrons. The number of methoxy groups -OCH3 is 2. The van der Waals surface area contributed by atoms with Crippen LogP contribution in [0.25, 0.3) is 0 Å². The summed E-state index contributed by atoms with van der Waals surface area (Å²) in [7, 11) is 2.99. The summed E-state index contributed by atoms with van der Waals surface area (Å²) in [5, 5.41) is 14.1. The van der Waals surface area contributed by atoms with Crippen molar-refractivity contribution in [2.45, 2.75) is 49.9 Å². The Morgan fingerprint density at radius 1 is 1.41 bits per heavy atom. The lowest BCUT2D eigenvalue weighted by Gasteiger charge is -2.54. The molecule has 1 aromatic carbocycles. The number of ether oxygens (including phenoxy) is 3. The maximum atomic E-state index is 12.9.